The first-order valence-corrected chi connectivity index (χ1v) is 5.38. The largest absolute Gasteiger partial charge is 0.478 e. The van der Waals surface area contributed by atoms with Crippen LogP contribution >= 0.6 is 0 Å². The Balaban J connectivity index is 2.10. The molecule has 0 unspecified atom stereocenters. The van der Waals surface area contributed by atoms with Gasteiger partial charge in [-0.2, -0.15) is 0 Å². The van der Waals surface area contributed by atoms with E-state index >= 15 is 0 Å². The summed E-state index contributed by atoms with van der Waals surface area (Å²) in [6, 6.07) is 3.78. The average Bonchev–Trinajstić information content (AvgIpc) is 3.10. The Labute approximate surface area is 103 Å². The molecule has 5 nitrogen and oxygen atoms in total. The van der Waals surface area contributed by atoms with Crippen LogP contribution in [0.15, 0.2) is 57.4 Å². The zero-order valence-corrected chi connectivity index (χ0v) is 9.29. The lowest BCUT2D eigenvalue weighted by molar-refractivity contribution is -0.132. The van der Waals surface area contributed by atoms with Gasteiger partial charge in [-0.25, -0.2) is 4.79 Å². The van der Waals surface area contributed by atoms with E-state index in [4.69, 9.17) is 5.11 Å². The minimum absolute atomic E-state index is 0.168. The van der Waals surface area contributed by atoms with Crippen molar-refractivity contribution in [2.75, 3.05) is 0 Å². The van der Waals surface area contributed by atoms with Gasteiger partial charge in [-0.3, -0.25) is 9.98 Å². The number of nitrogens with zero attached hydrogens (tertiary/aromatic N) is 2. The number of carbonyl (C=O) groups is 1. The van der Waals surface area contributed by atoms with Crippen molar-refractivity contribution in [3.05, 3.63) is 53.1 Å². The minimum Gasteiger partial charge on any atom is -0.478 e. The molecule has 5 heteroatoms. The van der Waals surface area contributed by atoms with Crippen LogP contribution in [0.4, 0.5) is 0 Å². The first-order valence-electron chi connectivity index (χ1n) is 5.38. The maximum Gasteiger partial charge on any atom is 0.338 e. The summed E-state index contributed by atoms with van der Waals surface area (Å²) >= 11 is 0. The zero-order chi connectivity index (χ0) is 12.5. The highest BCUT2D eigenvalue weighted by atomic mass is 16.4. The minimum atomic E-state index is -0.997. The van der Waals surface area contributed by atoms with Crippen LogP contribution in [0.25, 0.3) is 5.57 Å². The molecule has 0 atom stereocenters. The van der Waals surface area contributed by atoms with Crippen LogP contribution in [-0.2, 0) is 4.79 Å². The first kappa shape index (κ1) is 10.5. The first-order chi connectivity index (χ1) is 8.77. The number of aliphatic carboxylic acids is 1. The number of rotatable bonds is 2. The van der Waals surface area contributed by atoms with Crippen LogP contribution in [0.5, 0.6) is 0 Å². The van der Waals surface area contributed by atoms with E-state index in [9.17, 15) is 4.79 Å². The van der Waals surface area contributed by atoms with Gasteiger partial charge >= 0.3 is 5.97 Å². The lowest BCUT2D eigenvalue weighted by atomic mass is 10.1. The molecular weight excluding hydrogens is 230 g/mol. The highest BCUT2D eigenvalue weighted by molar-refractivity contribution is 6.04. The van der Waals surface area contributed by atoms with Gasteiger partial charge in [0.05, 0.1) is 11.3 Å². The normalized spacial score (nSPS) is 21.3. The number of H-pyrrole nitrogens is 1. The zero-order valence-electron chi connectivity index (χ0n) is 9.29. The summed E-state index contributed by atoms with van der Waals surface area (Å²) < 4.78 is 0. The highest BCUT2D eigenvalue weighted by Gasteiger charge is 2.24. The number of nitrogens with one attached hydrogen (secondary N) is 1. The van der Waals surface area contributed by atoms with Crippen molar-refractivity contribution in [1.82, 2.24) is 4.98 Å². The lowest BCUT2D eigenvalue weighted by Crippen LogP contribution is -2.02. The number of hydrogen-bond donors (Lipinski definition) is 2. The molecule has 0 spiro atoms. The van der Waals surface area contributed by atoms with Crippen molar-refractivity contribution in [2.45, 2.75) is 0 Å². The van der Waals surface area contributed by atoms with Gasteiger partial charge in [-0.05, 0) is 24.3 Å². The number of aliphatic imine (C=N–C) groups is 2. The molecule has 0 aromatic carbocycles. The fraction of sp³-hybridized carbons (Fsp3) is 0. The number of carboxylic acids is 1. The number of carboxylic acid groups (broad SMARTS) is 1. The fourth-order valence-corrected chi connectivity index (χ4v) is 1.93. The van der Waals surface area contributed by atoms with E-state index in [0.29, 0.717) is 11.4 Å². The standard InChI is InChI=1S/C13H9N3O2/c17-13(18)9-4-7-16-12(9)11-8(3-6-15-11)10-2-1-5-14-10/h1-7,14H,(H,17,18). The summed E-state index contributed by atoms with van der Waals surface area (Å²) in [7, 11) is 0. The Morgan fingerprint density at radius 1 is 1.17 bits per heavy atom. The van der Waals surface area contributed by atoms with Gasteiger partial charge < -0.3 is 10.1 Å². The van der Waals surface area contributed by atoms with Crippen LogP contribution < -0.4 is 0 Å². The van der Waals surface area contributed by atoms with Crippen molar-refractivity contribution >= 4 is 24.0 Å². The van der Waals surface area contributed by atoms with E-state index in [1.807, 2.05) is 24.4 Å². The van der Waals surface area contributed by atoms with Crippen molar-refractivity contribution in [2.24, 2.45) is 9.98 Å². The smallest absolute Gasteiger partial charge is 0.338 e. The third-order valence-corrected chi connectivity index (χ3v) is 2.74. The molecule has 88 valence electrons. The van der Waals surface area contributed by atoms with E-state index in [0.717, 1.165) is 11.3 Å². The SMILES string of the molecule is O=C(O)C1=CC=NC1=C1N=CC=C1c1ccc[nH]1. The van der Waals surface area contributed by atoms with E-state index < -0.39 is 5.97 Å². The molecular formula is C13H9N3O2. The molecule has 1 aromatic rings. The molecule has 0 saturated carbocycles. The van der Waals surface area contributed by atoms with E-state index in [-0.39, 0.29) is 5.57 Å². The number of aromatic amines is 1. The molecule has 0 fully saturated rings. The van der Waals surface area contributed by atoms with E-state index in [1.54, 1.807) is 6.21 Å². The molecule has 0 bridgehead atoms. The van der Waals surface area contributed by atoms with Gasteiger partial charge in [-0.1, -0.05) is 0 Å². The quantitative estimate of drug-likeness (QED) is 0.825. The van der Waals surface area contributed by atoms with Gasteiger partial charge in [0.2, 0.25) is 0 Å². The average molecular weight is 239 g/mol. The van der Waals surface area contributed by atoms with Gasteiger partial charge in [0.25, 0.3) is 0 Å². The molecule has 2 aliphatic heterocycles. The maximum absolute atomic E-state index is 11.1. The Morgan fingerprint density at radius 3 is 2.67 bits per heavy atom. The van der Waals surface area contributed by atoms with E-state index in [1.165, 1.54) is 12.3 Å². The summed E-state index contributed by atoms with van der Waals surface area (Å²) in [5.41, 5.74) is 2.89. The lowest BCUT2D eigenvalue weighted by Gasteiger charge is -2.05. The molecule has 0 amide bonds. The fourth-order valence-electron chi connectivity index (χ4n) is 1.93. The topological polar surface area (TPSA) is 77.8 Å². The van der Waals surface area contributed by atoms with Crippen molar-refractivity contribution in [3.63, 3.8) is 0 Å². The maximum atomic E-state index is 11.1. The molecule has 18 heavy (non-hydrogen) atoms. The molecule has 0 radical (unpaired) electrons. The van der Waals surface area contributed by atoms with Gasteiger partial charge in [0.1, 0.15) is 5.70 Å². The second kappa shape index (κ2) is 3.96. The second-order valence-corrected chi connectivity index (χ2v) is 3.80. The number of hydrogen-bond acceptors (Lipinski definition) is 3. The molecule has 2 aliphatic rings. The van der Waals surface area contributed by atoms with Crippen molar-refractivity contribution in [1.29, 1.82) is 0 Å². The van der Waals surface area contributed by atoms with Crippen LogP contribution in [0.3, 0.4) is 0 Å². The molecule has 0 saturated heterocycles. The number of aromatic nitrogens is 1. The Bertz CT molecular complexity index is 658. The summed E-state index contributed by atoms with van der Waals surface area (Å²) in [4.78, 5) is 22.5. The number of allylic oxidation sites excluding steroid dienone is 3. The summed E-state index contributed by atoms with van der Waals surface area (Å²) in [6.45, 7) is 0. The Morgan fingerprint density at radius 2 is 1.94 bits per heavy atom. The van der Waals surface area contributed by atoms with Gasteiger partial charge in [0, 0.05) is 29.9 Å². The Hall–Kier alpha value is -2.69. The van der Waals surface area contributed by atoms with Gasteiger partial charge in [-0.15, -0.1) is 0 Å². The third kappa shape index (κ3) is 1.53. The van der Waals surface area contributed by atoms with Crippen LogP contribution in [-0.4, -0.2) is 28.5 Å². The van der Waals surface area contributed by atoms with Crippen LogP contribution in [0, 0.1) is 0 Å². The third-order valence-electron chi connectivity index (χ3n) is 2.74. The van der Waals surface area contributed by atoms with Gasteiger partial charge in [0.15, 0.2) is 0 Å². The molecule has 0 aliphatic carbocycles. The predicted octanol–water partition coefficient (Wildman–Crippen LogP) is 1.79. The van der Waals surface area contributed by atoms with Crippen LogP contribution in [0.2, 0.25) is 0 Å². The summed E-state index contributed by atoms with van der Waals surface area (Å²) in [5.74, 6) is -0.997. The molecule has 3 heterocycles. The molecule has 3 rings (SSSR count). The molecule has 1 aromatic heterocycles. The summed E-state index contributed by atoms with van der Waals surface area (Å²) in [5, 5.41) is 9.10. The molecule has 2 N–H and O–H groups in total. The monoisotopic (exact) mass is 239 g/mol. The Kier molecular flexibility index (Phi) is 2.30. The van der Waals surface area contributed by atoms with Crippen LogP contribution in [0.1, 0.15) is 5.69 Å². The van der Waals surface area contributed by atoms with Crippen molar-refractivity contribution in [3.8, 4) is 0 Å². The summed E-state index contributed by atoms with van der Waals surface area (Å²) in [6.07, 6.45) is 8.24. The predicted molar refractivity (Wildman–Crippen MR) is 68.5 cm³/mol. The highest BCUT2D eigenvalue weighted by Crippen LogP contribution is 2.33. The van der Waals surface area contributed by atoms with E-state index in [2.05, 4.69) is 15.0 Å². The van der Waals surface area contributed by atoms with Crippen molar-refractivity contribution < 1.29 is 9.90 Å². The second-order valence-electron chi connectivity index (χ2n) is 3.80.